The highest BCUT2D eigenvalue weighted by molar-refractivity contribution is 14.0. The molecule has 0 spiro atoms. The molecule has 1 saturated heterocycles. The highest BCUT2D eigenvalue weighted by Gasteiger charge is 2.22. The summed E-state index contributed by atoms with van der Waals surface area (Å²) in [4.78, 5) is 6.74. The zero-order chi connectivity index (χ0) is 20.2. The standard InChI is InChI=1S/C21H34ClN3O3.HI/c1-4-17(28-20-9-6-5-8-19(20)22)16-24-21(23-2)25-12-10-18(11-13-25)27-15-7-14-26-3;/h5-6,8-9,17-18H,4,7,10-16H2,1-3H3,(H,23,24);1H. The highest BCUT2D eigenvalue weighted by atomic mass is 127. The van der Waals surface area contributed by atoms with E-state index in [4.69, 9.17) is 25.8 Å². The Morgan fingerprint density at radius 2 is 2.00 bits per heavy atom. The molecule has 166 valence electrons. The molecule has 6 nitrogen and oxygen atoms in total. The number of benzene rings is 1. The van der Waals surface area contributed by atoms with Gasteiger partial charge in [0.15, 0.2) is 5.96 Å². The van der Waals surface area contributed by atoms with E-state index in [1.54, 1.807) is 7.11 Å². The molecule has 0 radical (unpaired) electrons. The summed E-state index contributed by atoms with van der Waals surface area (Å²) in [5.74, 6) is 1.64. The van der Waals surface area contributed by atoms with E-state index < -0.39 is 0 Å². The first-order valence-corrected chi connectivity index (χ1v) is 10.5. The van der Waals surface area contributed by atoms with Crippen LogP contribution in [0.25, 0.3) is 0 Å². The Hall–Kier alpha value is -0.770. The van der Waals surface area contributed by atoms with E-state index in [0.717, 1.165) is 63.7 Å². The molecule has 1 aromatic rings. The number of likely N-dealkylation sites (tertiary alicyclic amines) is 1. The minimum atomic E-state index is 0. The number of halogens is 2. The molecule has 0 bridgehead atoms. The molecule has 1 aromatic carbocycles. The number of guanidine groups is 1. The smallest absolute Gasteiger partial charge is 0.193 e. The maximum absolute atomic E-state index is 6.21. The first-order valence-electron chi connectivity index (χ1n) is 10.1. The number of rotatable bonds is 10. The third-order valence-corrected chi connectivity index (χ3v) is 5.19. The average molecular weight is 540 g/mol. The summed E-state index contributed by atoms with van der Waals surface area (Å²) in [5.41, 5.74) is 0. The van der Waals surface area contributed by atoms with Crippen LogP contribution in [-0.4, -0.2) is 70.1 Å². The quantitative estimate of drug-likeness (QED) is 0.209. The molecule has 29 heavy (non-hydrogen) atoms. The molecule has 8 heteroatoms. The number of methoxy groups -OCH3 is 1. The lowest BCUT2D eigenvalue weighted by Gasteiger charge is -2.34. The molecule has 1 N–H and O–H groups in total. The lowest BCUT2D eigenvalue weighted by Crippen LogP contribution is -2.49. The SMILES string of the molecule is CCC(CNC(=NC)N1CCC(OCCCOC)CC1)Oc1ccccc1Cl.I. The van der Waals surface area contributed by atoms with Crippen LogP contribution in [0.1, 0.15) is 32.6 Å². The number of nitrogens with one attached hydrogen (secondary N) is 1. The van der Waals surface area contributed by atoms with Gasteiger partial charge >= 0.3 is 0 Å². The van der Waals surface area contributed by atoms with Crippen molar-refractivity contribution in [2.75, 3.05) is 47.0 Å². The molecule has 1 heterocycles. The predicted octanol–water partition coefficient (Wildman–Crippen LogP) is 4.21. The summed E-state index contributed by atoms with van der Waals surface area (Å²) in [7, 11) is 3.55. The van der Waals surface area contributed by atoms with Gasteiger partial charge in [-0.15, -0.1) is 24.0 Å². The van der Waals surface area contributed by atoms with Crippen LogP contribution in [-0.2, 0) is 9.47 Å². The Kier molecular flexibility index (Phi) is 13.7. The van der Waals surface area contributed by atoms with Gasteiger partial charge in [0.05, 0.1) is 17.7 Å². The van der Waals surface area contributed by atoms with E-state index in [1.165, 1.54) is 0 Å². The minimum absolute atomic E-state index is 0. The van der Waals surface area contributed by atoms with Crippen LogP contribution >= 0.6 is 35.6 Å². The van der Waals surface area contributed by atoms with E-state index in [2.05, 4.69) is 22.1 Å². The lowest BCUT2D eigenvalue weighted by molar-refractivity contribution is 0.00983. The Bertz CT molecular complexity index is 598. The van der Waals surface area contributed by atoms with Crippen molar-refractivity contribution >= 4 is 41.5 Å². The normalized spacial score (nSPS) is 16.3. The Labute approximate surface area is 197 Å². The van der Waals surface area contributed by atoms with E-state index in [0.29, 0.717) is 17.7 Å². The number of piperidine rings is 1. The highest BCUT2D eigenvalue weighted by Crippen LogP contribution is 2.24. The molecule has 1 unspecified atom stereocenters. The summed E-state index contributed by atoms with van der Waals surface area (Å²) < 4.78 is 17.1. The van der Waals surface area contributed by atoms with Gasteiger partial charge in [0.2, 0.25) is 0 Å². The second kappa shape index (κ2) is 15.1. The van der Waals surface area contributed by atoms with Gasteiger partial charge in [-0.05, 0) is 37.8 Å². The Balaban J connectivity index is 0.00000420. The third kappa shape index (κ3) is 9.27. The number of hydrogen-bond donors (Lipinski definition) is 1. The van der Waals surface area contributed by atoms with E-state index in [1.807, 2.05) is 31.3 Å². The largest absolute Gasteiger partial charge is 0.487 e. The number of hydrogen-bond acceptors (Lipinski definition) is 4. The molecule has 1 aliphatic heterocycles. The van der Waals surface area contributed by atoms with Crippen molar-refractivity contribution in [1.82, 2.24) is 10.2 Å². The summed E-state index contributed by atoms with van der Waals surface area (Å²) in [6.45, 7) is 6.20. The topological polar surface area (TPSA) is 55.3 Å². The van der Waals surface area contributed by atoms with Gasteiger partial charge in [-0.2, -0.15) is 0 Å². The first kappa shape index (κ1) is 26.3. The predicted molar refractivity (Wildman–Crippen MR) is 130 cm³/mol. The molecule has 0 saturated carbocycles. The maximum atomic E-state index is 6.21. The summed E-state index contributed by atoms with van der Waals surface area (Å²) in [6.07, 6.45) is 4.22. The van der Waals surface area contributed by atoms with Crippen molar-refractivity contribution in [3.05, 3.63) is 29.3 Å². The van der Waals surface area contributed by atoms with Crippen molar-refractivity contribution in [3.8, 4) is 5.75 Å². The van der Waals surface area contributed by atoms with Crippen LogP contribution in [0.15, 0.2) is 29.3 Å². The lowest BCUT2D eigenvalue weighted by atomic mass is 10.1. The molecule has 1 atom stereocenters. The van der Waals surface area contributed by atoms with E-state index in [-0.39, 0.29) is 30.1 Å². The second-order valence-electron chi connectivity index (χ2n) is 6.91. The van der Waals surface area contributed by atoms with Crippen LogP contribution in [0, 0.1) is 0 Å². The molecule has 1 fully saturated rings. The summed E-state index contributed by atoms with van der Waals surface area (Å²) in [6, 6.07) is 7.58. The number of para-hydroxylation sites is 1. The van der Waals surface area contributed by atoms with Crippen LogP contribution in [0.3, 0.4) is 0 Å². The summed E-state index contributed by atoms with van der Waals surface area (Å²) >= 11 is 6.21. The van der Waals surface area contributed by atoms with Gasteiger partial charge in [-0.3, -0.25) is 4.99 Å². The van der Waals surface area contributed by atoms with Crippen molar-refractivity contribution in [2.45, 2.75) is 44.8 Å². The molecule has 0 aliphatic carbocycles. The van der Waals surface area contributed by atoms with E-state index >= 15 is 0 Å². The number of ether oxygens (including phenoxy) is 3. The van der Waals surface area contributed by atoms with Gasteiger partial charge < -0.3 is 24.4 Å². The molecule has 1 aliphatic rings. The van der Waals surface area contributed by atoms with Crippen molar-refractivity contribution in [3.63, 3.8) is 0 Å². The molecule has 0 aromatic heterocycles. The van der Waals surface area contributed by atoms with E-state index in [9.17, 15) is 0 Å². The summed E-state index contributed by atoms with van der Waals surface area (Å²) in [5, 5.41) is 4.09. The van der Waals surface area contributed by atoms with Crippen LogP contribution in [0.2, 0.25) is 5.02 Å². The van der Waals surface area contributed by atoms with Crippen LogP contribution in [0.5, 0.6) is 5.75 Å². The fourth-order valence-electron chi connectivity index (χ4n) is 3.21. The van der Waals surface area contributed by atoms with Gasteiger partial charge in [0.25, 0.3) is 0 Å². The Morgan fingerprint density at radius 3 is 2.62 bits per heavy atom. The minimum Gasteiger partial charge on any atom is -0.487 e. The molecular formula is C21H35ClIN3O3. The van der Waals surface area contributed by atoms with Crippen molar-refractivity contribution in [1.29, 1.82) is 0 Å². The number of aliphatic imine (C=N–C) groups is 1. The molecule has 2 rings (SSSR count). The van der Waals surface area contributed by atoms with Gasteiger partial charge in [-0.1, -0.05) is 30.7 Å². The monoisotopic (exact) mass is 539 g/mol. The molecular weight excluding hydrogens is 505 g/mol. The van der Waals surface area contributed by atoms with Crippen LogP contribution in [0.4, 0.5) is 0 Å². The molecule has 0 amide bonds. The zero-order valence-corrected chi connectivity index (χ0v) is 20.8. The van der Waals surface area contributed by atoms with Gasteiger partial charge in [-0.25, -0.2) is 0 Å². The van der Waals surface area contributed by atoms with Crippen molar-refractivity contribution < 1.29 is 14.2 Å². The van der Waals surface area contributed by atoms with Gasteiger partial charge in [0, 0.05) is 40.5 Å². The fraction of sp³-hybridized carbons (Fsp3) is 0.667. The zero-order valence-electron chi connectivity index (χ0n) is 17.7. The third-order valence-electron chi connectivity index (χ3n) is 4.87. The van der Waals surface area contributed by atoms with Gasteiger partial charge in [0.1, 0.15) is 11.9 Å². The fourth-order valence-corrected chi connectivity index (χ4v) is 3.39. The first-order chi connectivity index (χ1) is 13.7. The number of nitrogens with zero attached hydrogens (tertiary/aromatic N) is 2. The van der Waals surface area contributed by atoms with Crippen molar-refractivity contribution in [2.24, 2.45) is 4.99 Å². The Morgan fingerprint density at radius 1 is 1.28 bits per heavy atom. The van der Waals surface area contributed by atoms with Crippen LogP contribution < -0.4 is 10.1 Å². The maximum Gasteiger partial charge on any atom is 0.193 e. The second-order valence-corrected chi connectivity index (χ2v) is 7.32. The average Bonchev–Trinajstić information content (AvgIpc) is 2.73.